The summed E-state index contributed by atoms with van der Waals surface area (Å²) in [6.07, 6.45) is 2.76. The highest BCUT2D eigenvalue weighted by Crippen LogP contribution is 2.50. The first-order valence-corrected chi connectivity index (χ1v) is 18.0. The summed E-state index contributed by atoms with van der Waals surface area (Å²) < 4.78 is 17.4. The fourth-order valence-electron chi connectivity index (χ4n) is 5.98. The van der Waals surface area contributed by atoms with Crippen LogP contribution in [0.2, 0.25) is 0 Å². The molecule has 3 aromatic carbocycles. The average molecular weight is 739 g/mol. The molecule has 278 valence electrons. The normalized spacial score (nSPS) is 11.2. The monoisotopic (exact) mass is 738 g/mol. The van der Waals surface area contributed by atoms with Gasteiger partial charge in [-0.1, -0.05) is 12.1 Å². The van der Waals surface area contributed by atoms with E-state index in [1.165, 1.54) is 30.7 Å². The number of carbonyl (C=O) groups is 2. The molecule has 12 nitrogen and oxygen atoms in total. The second kappa shape index (κ2) is 18.5. The van der Waals surface area contributed by atoms with Gasteiger partial charge in [-0.2, -0.15) is 5.26 Å². The Balaban J connectivity index is 2.03. The number of nitriles is 1. The number of hydrogen-bond donors (Lipinski definition) is 2. The molecule has 0 atom stereocenters. The SMILES string of the molecule is CCN(CC)c1cc(OC)c(N(c2ccc(-c3ccc(/C=C(\C#N)C(=O)O)s3)cc2)c2cc(NC(C)=O)c(N(CC)CC)cc2OC)cc1/N=C\OC. The molecule has 0 radical (unpaired) electrons. The maximum Gasteiger partial charge on any atom is 0.346 e. The van der Waals surface area contributed by atoms with Crippen LogP contribution in [-0.2, 0) is 14.3 Å². The van der Waals surface area contributed by atoms with Crippen molar-refractivity contribution in [3.05, 3.63) is 71.1 Å². The Morgan fingerprint density at radius 1 is 0.849 bits per heavy atom. The van der Waals surface area contributed by atoms with Gasteiger partial charge in [-0.25, -0.2) is 9.79 Å². The van der Waals surface area contributed by atoms with Crippen LogP contribution in [0.4, 0.5) is 39.8 Å². The number of rotatable bonds is 17. The van der Waals surface area contributed by atoms with E-state index in [2.05, 4.69) is 47.8 Å². The fraction of sp³-hybridized carbons (Fsp3) is 0.300. The number of aliphatic carboxylic acids is 1. The van der Waals surface area contributed by atoms with Crippen LogP contribution in [0.1, 0.15) is 39.5 Å². The van der Waals surface area contributed by atoms with Gasteiger partial charge in [0.25, 0.3) is 0 Å². The molecule has 4 rings (SSSR count). The van der Waals surface area contributed by atoms with Crippen LogP contribution in [-0.4, -0.2) is 70.9 Å². The maximum atomic E-state index is 12.6. The van der Waals surface area contributed by atoms with Gasteiger partial charge in [0.1, 0.15) is 23.1 Å². The van der Waals surface area contributed by atoms with Crippen molar-refractivity contribution in [3.8, 4) is 28.0 Å². The highest BCUT2D eigenvalue weighted by atomic mass is 32.1. The van der Waals surface area contributed by atoms with E-state index >= 15 is 0 Å². The van der Waals surface area contributed by atoms with Crippen LogP contribution in [0.5, 0.6) is 11.5 Å². The third kappa shape index (κ3) is 9.09. The van der Waals surface area contributed by atoms with Crippen molar-refractivity contribution < 1.29 is 28.9 Å². The van der Waals surface area contributed by atoms with Gasteiger partial charge in [-0.3, -0.25) is 4.79 Å². The summed E-state index contributed by atoms with van der Waals surface area (Å²) in [4.78, 5) is 36.5. The standard InChI is InChI=1S/C40H46N6O6S/c1-9-44(10-2)33-22-37(51-7)35(20-31(33)42-25-50-6)46(36-21-32(43-26(5)47)34(23-38(36)52-8)45(11-3)12-4)29-15-13-27(14-16-29)39-18-17-30(53-39)19-28(24-41)40(48)49/h13-23,25H,9-12H2,1-8H3,(H,43,47)(H,48,49)/b28-19+,42-25-. The molecule has 0 fully saturated rings. The van der Waals surface area contributed by atoms with Crippen LogP contribution in [0.3, 0.4) is 0 Å². The largest absolute Gasteiger partial charge is 0.494 e. The van der Waals surface area contributed by atoms with Crippen molar-refractivity contribution in [2.45, 2.75) is 34.6 Å². The third-order valence-electron chi connectivity index (χ3n) is 8.55. The van der Waals surface area contributed by atoms with Crippen molar-refractivity contribution in [3.63, 3.8) is 0 Å². The predicted molar refractivity (Wildman–Crippen MR) is 215 cm³/mol. The lowest BCUT2D eigenvalue weighted by molar-refractivity contribution is -0.132. The Labute approximate surface area is 315 Å². The van der Waals surface area contributed by atoms with E-state index in [4.69, 9.17) is 14.2 Å². The number of benzene rings is 3. The fourth-order valence-corrected chi connectivity index (χ4v) is 6.94. The van der Waals surface area contributed by atoms with Gasteiger partial charge in [-0.15, -0.1) is 11.3 Å². The lowest BCUT2D eigenvalue weighted by Crippen LogP contribution is -2.24. The molecular weight excluding hydrogens is 693 g/mol. The number of nitrogens with one attached hydrogen (secondary N) is 1. The van der Waals surface area contributed by atoms with Gasteiger partial charge in [-0.05, 0) is 75.7 Å². The van der Waals surface area contributed by atoms with E-state index < -0.39 is 5.97 Å². The Kier molecular flexibility index (Phi) is 13.9. The molecule has 0 aliphatic carbocycles. The second-order valence-electron chi connectivity index (χ2n) is 11.6. The molecule has 0 unspecified atom stereocenters. The van der Waals surface area contributed by atoms with Gasteiger partial charge in [0.05, 0.1) is 55.5 Å². The molecule has 1 amide bonds. The molecule has 0 bridgehead atoms. The van der Waals surface area contributed by atoms with E-state index in [-0.39, 0.29) is 11.5 Å². The van der Waals surface area contributed by atoms with E-state index in [1.807, 2.05) is 59.5 Å². The Bertz CT molecular complexity index is 2010. The van der Waals surface area contributed by atoms with Crippen molar-refractivity contribution in [1.82, 2.24) is 0 Å². The van der Waals surface area contributed by atoms with Crippen molar-refractivity contribution in [2.75, 3.05) is 67.5 Å². The van der Waals surface area contributed by atoms with Crippen LogP contribution < -0.4 is 29.5 Å². The number of ether oxygens (including phenoxy) is 3. The van der Waals surface area contributed by atoms with E-state index in [0.717, 1.165) is 40.6 Å². The molecule has 0 saturated carbocycles. The third-order valence-corrected chi connectivity index (χ3v) is 9.63. The molecule has 1 heterocycles. The zero-order valence-electron chi connectivity index (χ0n) is 31.4. The quantitative estimate of drug-likeness (QED) is 0.0467. The summed E-state index contributed by atoms with van der Waals surface area (Å²) in [6, 6.07) is 21.0. The topological polar surface area (TPSA) is 140 Å². The predicted octanol–water partition coefficient (Wildman–Crippen LogP) is 8.85. The maximum absolute atomic E-state index is 12.6. The van der Waals surface area contributed by atoms with Gasteiger partial charge in [0.2, 0.25) is 5.91 Å². The number of carboxylic acids is 1. The Morgan fingerprint density at radius 2 is 1.43 bits per heavy atom. The van der Waals surface area contributed by atoms with Gasteiger partial charge in [0, 0.05) is 60.7 Å². The number of hydrogen-bond acceptors (Lipinski definition) is 11. The van der Waals surface area contributed by atoms with Crippen molar-refractivity contribution >= 4 is 75.5 Å². The molecule has 53 heavy (non-hydrogen) atoms. The number of carbonyl (C=O) groups excluding carboxylic acids is 1. The summed E-state index contributed by atoms with van der Waals surface area (Å²) in [5.41, 5.74) is 5.57. The van der Waals surface area contributed by atoms with Gasteiger partial charge < -0.3 is 39.3 Å². The number of carboxylic acid groups (broad SMARTS) is 1. The zero-order valence-corrected chi connectivity index (χ0v) is 32.2. The number of thiophene rings is 1. The molecule has 0 spiro atoms. The first-order valence-electron chi connectivity index (χ1n) is 17.2. The lowest BCUT2D eigenvalue weighted by atomic mass is 10.1. The smallest absolute Gasteiger partial charge is 0.346 e. The van der Waals surface area contributed by atoms with E-state index in [1.54, 1.807) is 33.5 Å². The number of aliphatic imine (C=N–C) groups is 1. The first kappa shape index (κ1) is 39.8. The van der Waals surface area contributed by atoms with Crippen molar-refractivity contribution in [2.24, 2.45) is 4.99 Å². The molecule has 1 aromatic heterocycles. The number of amides is 1. The Morgan fingerprint density at radius 3 is 1.96 bits per heavy atom. The van der Waals surface area contributed by atoms with Crippen LogP contribution in [0.25, 0.3) is 16.5 Å². The number of nitrogens with zero attached hydrogens (tertiary/aromatic N) is 5. The average Bonchev–Trinajstić information content (AvgIpc) is 3.63. The van der Waals surface area contributed by atoms with Crippen LogP contribution in [0.15, 0.2) is 71.2 Å². The minimum absolute atomic E-state index is 0.210. The molecular formula is C40H46N6O6S. The van der Waals surface area contributed by atoms with Gasteiger partial charge in [0.15, 0.2) is 6.40 Å². The lowest BCUT2D eigenvalue weighted by Gasteiger charge is -2.32. The number of anilines is 6. The highest BCUT2D eigenvalue weighted by Gasteiger charge is 2.26. The Hall–Kier alpha value is -6.00. The first-order chi connectivity index (χ1) is 25.6. The molecule has 0 saturated heterocycles. The highest BCUT2D eigenvalue weighted by molar-refractivity contribution is 7.16. The summed E-state index contributed by atoms with van der Waals surface area (Å²) in [7, 11) is 4.79. The van der Waals surface area contributed by atoms with Crippen LogP contribution in [0, 0.1) is 11.3 Å². The van der Waals surface area contributed by atoms with Crippen molar-refractivity contribution in [1.29, 1.82) is 5.26 Å². The summed E-state index contributed by atoms with van der Waals surface area (Å²) in [5.74, 6) is -0.350. The van der Waals surface area contributed by atoms with E-state index in [9.17, 15) is 20.0 Å². The zero-order chi connectivity index (χ0) is 38.7. The minimum Gasteiger partial charge on any atom is -0.494 e. The van der Waals surface area contributed by atoms with Crippen LogP contribution >= 0.6 is 11.3 Å². The van der Waals surface area contributed by atoms with E-state index in [0.29, 0.717) is 52.2 Å². The van der Waals surface area contributed by atoms with Gasteiger partial charge >= 0.3 is 5.97 Å². The molecule has 2 N–H and O–H groups in total. The molecule has 0 aliphatic rings. The second-order valence-corrected chi connectivity index (χ2v) is 12.7. The molecule has 4 aromatic rings. The minimum atomic E-state index is -1.27. The molecule has 13 heteroatoms. The molecule has 0 aliphatic heterocycles. The summed E-state index contributed by atoms with van der Waals surface area (Å²) >= 11 is 1.38. The summed E-state index contributed by atoms with van der Waals surface area (Å²) in [5, 5.41) is 21.6. The number of methoxy groups -OCH3 is 3. The summed E-state index contributed by atoms with van der Waals surface area (Å²) in [6.45, 7) is 12.7.